The summed E-state index contributed by atoms with van der Waals surface area (Å²) in [5, 5.41) is 7.69. The van der Waals surface area contributed by atoms with Gasteiger partial charge in [-0.25, -0.2) is 4.39 Å². The first-order valence-electron chi connectivity index (χ1n) is 7.61. The third kappa shape index (κ3) is 3.19. The minimum absolute atomic E-state index is 0.154. The summed E-state index contributed by atoms with van der Waals surface area (Å²) in [5.41, 5.74) is 10.2. The van der Waals surface area contributed by atoms with Crippen molar-refractivity contribution in [1.29, 1.82) is 5.41 Å². The number of nitrogens with two attached hydrogens (primary N) is 1. The summed E-state index contributed by atoms with van der Waals surface area (Å²) in [6.07, 6.45) is 3.33. The smallest absolute Gasteiger partial charge is 0.165 e. The largest absolute Gasteiger partial charge is 0.494 e. The number of benzene rings is 1. The number of hydrogen-bond donors (Lipinski definition) is 2. The minimum Gasteiger partial charge on any atom is -0.494 e. The number of anilines is 1. The van der Waals surface area contributed by atoms with Crippen molar-refractivity contribution < 1.29 is 9.13 Å². The summed E-state index contributed by atoms with van der Waals surface area (Å²) in [6.45, 7) is 1.64. The van der Waals surface area contributed by atoms with Crippen molar-refractivity contribution in [2.24, 2.45) is 0 Å². The molecule has 2 aromatic heterocycles. The molecule has 0 saturated carbocycles. The summed E-state index contributed by atoms with van der Waals surface area (Å²) in [6, 6.07) is 10.1. The fourth-order valence-corrected chi connectivity index (χ4v) is 2.62. The van der Waals surface area contributed by atoms with E-state index in [9.17, 15) is 4.39 Å². The molecule has 0 radical (unpaired) electrons. The van der Waals surface area contributed by atoms with Crippen LogP contribution in [-0.2, 0) is 0 Å². The van der Waals surface area contributed by atoms with E-state index in [1.165, 1.54) is 13.2 Å². The quantitative estimate of drug-likeness (QED) is 0.707. The van der Waals surface area contributed by atoms with Gasteiger partial charge >= 0.3 is 0 Å². The topological polar surface area (TPSA) is 84.9 Å². The number of aromatic nitrogens is 2. The van der Waals surface area contributed by atoms with Crippen molar-refractivity contribution in [3.05, 3.63) is 60.3 Å². The Morgan fingerprint density at radius 3 is 2.64 bits per heavy atom. The molecule has 0 amide bonds. The van der Waals surface area contributed by atoms with Crippen molar-refractivity contribution >= 4 is 11.4 Å². The van der Waals surface area contributed by atoms with Gasteiger partial charge in [-0.15, -0.1) is 0 Å². The van der Waals surface area contributed by atoms with Crippen LogP contribution < -0.4 is 10.5 Å². The second kappa shape index (κ2) is 6.68. The first kappa shape index (κ1) is 16.6. The lowest BCUT2D eigenvalue weighted by Crippen LogP contribution is -2.03. The number of halogens is 1. The molecule has 3 aromatic rings. The van der Waals surface area contributed by atoms with E-state index in [1.807, 2.05) is 12.1 Å². The van der Waals surface area contributed by atoms with E-state index in [0.717, 1.165) is 16.7 Å². The van der Waals surface area contributed by atoms with Crippen LogP contribution in [0.3, 0.4) is 0 Å². The molecule has 126 valence electrons. The molecule has 0 fully saturated rings. The molecule has 0 aliphatic rings. The molecule has 3 N–H and O–H groups in total. The van der Waals surface area contributed by atoms with Crippen molar-refractivity contribution in [2.75, 3.05) is 12.8 Å². The van der Waals surface area contributed by atoms with Crippen LogP contribution in [0, 0.1) is 11.2 Å². The zero-order chi connectivity index (χ0) is 18.0. The number of hydrogen-bond acceptors (Lipinski definition) is 5. The van der Waals surface area contributed by atoms with Gasteiger partial charge in [0.15, 0.2) is 11.6 Å². The summed E-state index contributed by atoms with van der Waals surface area (Å²) < 4.78 is 18.7. The summed E-state index contributed by atoms with van der Waals surface area (Å²) in [5.74, 6) is -0.276. The van der Waals surface area contributed by atoms with Crippen LogP contribution in [-0.4, -0.2) is 22.8 Å². The Labute approximate surface area is 144 Å². The van der Waals surface area contributed by atoms with E-state index in [0.29, 0.717) is 22.8 Å². The SMILES string of the molecule is COc1cc(-c2ncccc2-c2cnc(C(C)=N)c(N)c2)ccc1F. The van der Waals surface area contributed by atoms with Gasteiger partial charge in [-0.05, 0) is 37.3 Å². The fraction of sp³-hybridized carbons (Fsp3) is 0.105. The van der Waals surface area contributed by atoms with Crippen LogP contribution >= 0.6 is 0 Å². The van der Waals surface area contributed by atoms with Crippen LogP contribution in [0.15, 0.2) is 48.8 Å². The average Bonchev–Trinajstić information content (AvgIpc) is 2.61. The van der Waals surface area contributed by atoms with E-state index in [-0.39, 0.29) is 5.75 Å². The zero-order valence-corrected chi connectivity index (χ0v) is 13.9. The molecule has 0 aliphatic carbocycles. The lowest BCUT2D eigenvalue weighted by Gasteiger charge is -2.12. The molecule has 0 aliphatic heterocycles. The third-order valence-electron chi connectivity index (χ3n) is 3.82. The van der Waals surface area contributed by atoms with Gasteiger partial charge in [0.05, 0.1) is 24.2 Å². The predicted octanol–water partition coefficient (Wildman–Crippen LogP) is 3.93. The molecular formula is C19H17FN4O. The maximum absolute atomic E-state index is 13.7. The number of nitrogen functional groups attached to an aromatic ring is 1. The highest BCUT2D eigenvalue weighted by Crippen LogP contribution is 2.33. The van der Waals surface area contributed by atoms with E-state index in [4.69, 9.17) is 15.9 Å². The Morgan fingerprint density at radius 1 is 1.16 bits per heavy atom. The number of ether oxygens (including phenoxy) is 1. The van der Waals surface area contributed by atoms with Gasteiger partial charge < -0.3 is 15.9 Å². The Kier molecular flexibility index (Phi) is 4.43. The monoisotopic (exact) mass is 336 g/mol. The molecule has 0 saturated heterocycles. The molecule has 0 unspecified atom stereocenters. The average molecular weight is 336 g/mol. The molecule has 0 spiro atoms. The lowest BCUT2D eigenvalue weighted by atomic mass is 9.99. The summed E-state index contributed by atoms with van der Waals surface area (Å²) >= 11 is 0. The van der Waals surface area contributed by atoms with E-state index in [1.54, 1.807) is 37.5 Å². The molecule has 25 heavy (non-hydrogen) atoms. The number of pyridine rings is 2. The number of rotatable bonds is 4. The highest BCUT2D eigenvalue weighted by molar-refractivity contribution is 5.99. The Bertz CT molecular complexity index is 956. The van der Waals surface area contributed by atoms with Gasteiger partial charge in [0.2, 0.25) is 0 Å². The summed E-state index contributed by atoms with van der Waals surface area (Å²) in [7, 11) is 1.42. The van der Waals surface area contributed by atoms with Gasteiger partial charge in [0, 0.05) is 29.1 Å². The highest BCUT2D eigenvalue weighted by Gasteiger charge is 2.13. The number of nitrogens with zero attached hydrogens (tertiary/aromatic N) is 2. The third-order valence-corrected chi connectivity index (χ3v) is 3.82. The Balaban J connectivity index is 2.14. The summed E-state index contributed by atoms with van der Waals surface area (Å²) in [4.78, 5) is 8.70. The van der Waals surface area contributed by atoms with Crippen LogP contribution in [0.4, 0.5) is 10.1 Å². The molecular weight excluding hydrogens is 319 g/mol. The van der Waals surface area contributed by atoms with E-state index in [2.05, 4.69) is 9.97 Å². The van der Waals surface area contributed by atoms with Gasteiger partial charge in [-0.1, -0.05) is 6.07 Å². The number of methoxy groups -OCH3 is 1. The standard InChI is InChI=1S/C19H17FN4O/c1-11(21)18-16(22)8-13(10-24-18)14-4-3-7-23-19(14)12-5-6-15(20)17(9-12)25-2/h3-10,21H,22H2,1-2H3. The first-order chi connectivity index (χ1) is 12.0. The van der Waals surface area contributed by atoms with Gasteiger partial charge in [-0.2, -0.15) is 0 Å². The van der Waals surface area contributed by atoms with Crippen LogP contribution in [0.25, 0.3) is 22.4 Å². The van der Waals surface area contributed by atoms with Crippen LogP contribution in [0.1, 0.15) is 12.6 Å². The van der Waals surface area contributed by atoms with Gasteiger partial charge in [0.25, 0.3) is 0 Å². The van der Waals surface area contributed by atoms with Crippen molar-refractivity contribution in [3.8, 4) is 28.1 Å². The highest BCUT2D eigenvalue weighted by atomic mass is 19.1. The molecule has 2 heterocycles. The second-order valence-corrected chi connectivity index (χ2v) is 5.54. The van der Waals surface area contributed by atoms with Crippen LogP contribution in [0.2, 0.25) is 0 Å². The van der Waals surface area contributed by atoms with Crippen molar-refractivity contribution in [3.63, 3.8) is 0 Å². The van der Waals surface area contributed by atoms with Gasteiger partial charge in [-0.3, -0.25) is 9.97 Å². The molecule has 3 rings (SSSR count). The fourth-order valence-electron chi connectivity index (χ4n) is 2.62. The van der Waals surface area contributed by atoms with E-state index < -0.39 is 5.82 Å². The molecule has 0 bridgehead atoms. The Hall–Kier alpha value is -3.28. The maximum atomic E-state index is 13.7. The lowest BCUT2D eigenvalue weighted by molar-refractivity contribution is 0.387. The predicted molar refractivity (Wildman–Crippen MR) is 96.3 cm³/mol. The Morgan fingerprint density at radius 2 is 1.96 bits per heavy atom. The van der Waals surface area contributed by atoms with Crippen LogP contribution in [0.5, 0.6) is 5.75 Å². The molecule has 5 nitrogen and oxygen atoms in total. The van der Waals surface area contributed by atoms with Crippen molar-refractivity contribution in [1.82, 2.24) is 9.97 Å². The second-order valence-electron chi connectivity index (χ2n) is 5.54. The van der Waals surface area contributed by atoms with E-state index >= 15 is 0 Å². The van der Waals surface area contributed by atoms with Gasteiger partial charge in [0.1, 0.15) is 5.69 Å². The minimum atomic E-state index is -0.430. The normalized spacial score (nSPS) is 10.5. The molecule has 0 atom stereocenters. The molecule has 6 heteroatoms. The molecule has 1 aromatic carbocycles. The first-order valence-corrected chi connectivity index (χ1v) is 7.61. The zero-order valence-electron chi connectivity index (χ0n) is 13.9. The number of nitrogens with one attached hydrogen (secondary N) is 1. The van der Waals surface area contributed by atoms with Crippen molar-refractivity contribution in [2.45, 2.75) is 6.92 Å². The maximum Gasteiger partial charge on any atom is 0.165 e.